The molecule has 3 nitrogen and oxygen atoms in total. The molecule has 0 spiro atoms. The average Bonchev–Trinajstić information content (AvgIpc) is 2.05. The Morgan fingerprint density at radius 1 is 1.64 bits per heavy atom. The van der Waals surface area contributed by atoms with E-state index in [0.717, 1.165) is 13.1 Å². The van der Waals surface area contributed by atoms with Crippen LogP contribution in [0, 0.1) is 11.3 Å². The van der Waals surface area contributed by atoms with Crippen LogP contribution in [0.1, 0.15) is 20.3 Å². The Hall–Kier alpha value is -0.590. The molecule has 0 amide bonds. The van der Waals surface area contributed by atoms with Crippen LogP contribution in [0.2, 0.25) is 0 Å². The van der Waals surface area contributed by atoms with Crippen molar-refractivity contribution >= 4 is 0 Å². The van der Waals surface area contributed by atoms with Gasteiger partial charge in [0.05, 0.1) is 6.07 Å². The molecule has 0 bridgehead atoms. The van der Waals surface area contributed by atoms with Crippen molar-refractivity contribution in [1.29, 1.82) is 5.26 Å². The number of nitrogens with zero attached hydrogens (tertiary/aromatic N) is 2. The maximum Gasteiger partial charge on any atom is 0.0635 e. The maximum absolute atomic E-state index is 8.36. The first-order chi connectivity index (χ1) is 5.26. The molecule has 11 heavy (non-hydrogen) atoms. The summed E-state index contributed by atoms with van der Waals surface area (Å²) < 4.78 is 0. The molecule has 1 atom stereocenters. The molecule has 0 aromatic heterocycles. The van der Waals surface area contributed by atoms with Crippen molar-refractivity contribution in [1.82, 2.24) is 4.90 Å². The first-order valence-electron chi connectivity index (χ1n) is 4.07. The molecule has 64 valence electrons. The van der Waals surface area contributed by atoms with Crippen LogP contribution in [0.3, 0.4) is 0 Å². The highest BCUT2D eigenvalue weighted by Gasteiger charge is 2.08. The van der Waals surface area contributed by atoms with Crippen molar-refractivity contribution < 1.29 is 0 Å². The van der Waals surface area contributed by atoms with Gasteiger partial charge < -0.3 is 5.73 Å². The molecule has 0 rings (SSSR count). The lowest BCUT2D eigenvalue weighted by atomic mass is 10.2. The van der Waals surface area contributed by atoms with E-state index < -0.39 is 0 Å². The minimum atomic E-state index is 0.397. The number of hydrogen-bond acceptors (Lipinski definition) is 3. The molecular weight excluding hydrogens is 138 g/mol. The Bertz CT molecular complexity index is 128. The quantitative estimate of drug-likeness (QED) is 0.631. The summed E-state index contributed by atoms with van der Waals surface area (Å²) in [4.78, 5) is 2.21. The van der Waals surface area contributed by atoms with Crippen LogP contribution in [-0.2, 0) is 0 Å². The van der Waals surface area contributed by atoms with Gasteiger partial charge in [0, 0.05) is 25.6 Å². The van der Waals surface area contributed by atoms with E-state index in [-0.39, 0.29) is 0 Å². The summed E-state index contributed by atoms with van der Waals surface area (Å²) in [5.41, 5.74) is 5.50. The molecule has 0 fully saturated rings. The zero-order chi connectivity index (χ0) is 8.69. The van der Waals surface area contributed by atoms with Crippen LogP contribution in [0.5, 0.6) is 0 Å². The van der Waals surface area contributed by atoms with Gasteiger partial charge in [0.15, 0.2) is 0 Å². The second kappa shape index (κ2) is 6.14. The predicted molar refractivity (Wildman–Crippen MR) is 46.0 cm³/mol. The van der Waals surface area contributed by atoms with E-state index in [1.54, 1.807) is 0 Å². The maximum atomic E-state index is 8.36. The van der Waals surface area contributed by atoms with Gasteiger partial charge in [-0.2, -0.15) is 5.26 Å². The fourth-order valence-corrected chi connectivity index (χ4v) is 1.03. The van der Waals surface area contributed by atoms with Crippen molar-refractivity contribution in [3.05, 3.63) is 0 Å². The average molecular weight is 155 g/mol. The second-order valence-electron chi connectivity index (χ2n) is 2.62. The Balaban J connectivity index is 3.67. The second-order valence-corrected chi connectivity index (χ2v) is 2.62. The lowest BCUT2D eigenvalue weighted by Crippen LogP contribution is -2.38. The topological polar surface area (TPSA) is 53.0 Å². The molecule has 0 saturated carbocycles. The monoisotopic (exact) mass is 155 g/mol. The van der Waals surface area contributed by atoms with Crippen LogP contribution in [0.4, 0.5) is 0 Å². The SMILES string of the molecule is CCN(CCC#N)C(C)CN. The van der Waals surface area contributed by atoms with Crippen molar-refractivity contribution in [2.45, 2.75) is 26.3 Å². The molecule has 0 aliphatic rings. The van der Waals surface area contributed by atoms with E-state index in [1.165, 1.54) is 0 Å². The highest BCUT2D eigenvalue weighted by atomic mass is 15.1. The van der Waals surface area contributed by atoms with Gasteiger partial charge in [-0.05, 0) is 13.5 Å². The fourth-order valence-electron chi connectivity index (χ4n) is 1.03. The van der Waals surface area contributed by atoms with Crippen molar-refractivity contribution in [3.8, 4) is 6.07 Å². The molecule has 0 aromatic rings. The molecule has 3 heteroatoms. The standard InChI is InChI=1S/C8H17N3/c1-3-11(6-4-5-9)8(2)7-10/h8H,3-4,6-7,10H2,1-2H3. The zero-order valence-electron chi connectivity index (χ0n) is 7.38. The van der Waals surface area contributed by atoms with Crippen molar-refractivity contribution in [3.63, 3.8) is 0 Å². The van der Waals surface area contributed by atoms with Gasteiger partial charge >= 0.3 is 0 Å². The minimum Gasteiger partial charge on any atom is -0.329 e. The van der Waals surface area contributed by atoms with Gasteiger partial charge in [-0.25, -0.2) is 0 Å². The molecule has 0 radical (unpaired) electrons. The highest BCUT2D eigenvalue weighted by Crippen LogP contribution is 1.97. The number of rotatable bonds is 5. The summed E-state index contributed by atoms with van der Waals surface area (Å²) in [7, 11) is 0. The smallest absolute Gasteiger partial charge is 0.0635 e. The molecule has 0 heterocycles. The zero-order valence-corrected chi connectivity index (χ0v) is 7.38. The van der Waals surface area contributed by atoms with Gasteiger partial charge in [0.2, 0.25) is 0 Å². The Kier molecular flexibility index (Phi) is 5.81. The Morgan fingerprint density at radius 2 is 2.27 bits per heavy atom. The summed E-state index contributed by atoms with van der Waals surface area (Å²) in [6.45, 7) is 6.65. The predicted octanol–water partition coefficient (Wildman–Crippen LogP) is 0.569. The normalized spacial score (nSPS) is 13.0. The molecule has 0 saturated heterocycles. The third kappa shape index (κ3) is 3.97. The largest absolute Gasteiger partial charge is 0.329 e. The number of hydrogen-bond donors (Lipinski definition) is 1. The van der Waals surface area contributed by atoms with E-state index in [0.29, 0.717) is 19.0 Å². The van der Waals surface area contributed by atoms with Gasteiger partial charge in [-0.15, -0.1) is 0 Å². The summed E-state index contributed by atoms with van der Waals surface area (Å²) in [5.74, 6) is 0. The molecule has 0 aromatic carbocycles. The lowest BCUT2D eigenvalue weighted by molar-refractivity contribution is 0.229. The third-order valence-corrected chi connectivity index (χ3v) is 1.88. The van der Waals surface area contributed by atoms with E-state index in [4.69, 9.17) is 11.0 Å². The first-order valence-corrected chi connectivity index (χ1v) is 4.07. The van der Waals surface area contributed by atoms with Crippen LogP contribution in [0.15, 0.2) is 0 Å². The summed E-state index contributed by atoms with van der Waals surface area (Å²) in [5, 5.41) is 8.36. The number of nitriles is 1. The summed E-state index contributed by atoms with van der Waals surface area (Å²) >= 11 is 0. The molecule has 1 unspecified atom stereocenters. The van der Waals surface area contributed by atoms with Crippen molar-refractivity contribution in [2.75, 3.05) is 19.6 Å². The molecule has 2 N–H and O–H groups in total. The summed E-state index contributed by atoms with van der Waals surface area (Å²) in [6.07, 6.45) is 0.595. The Labute approximate surface area is 68.8 Å². The lowest BCUT2D eigenvalue weighted by Gasteiger charge is -2.25. The van der Waals surface area contributed by atoms with Gasteiger partial charge in [-0.1, -0.05) is 6.92 Å². The molecular formula is C8H17N3. The first kappa shape index (κ1) is 10.4. The van der Waals surface area contributed by atoms with Crippen LogP contribution < -0.4 is 5.73 Å². The van der Waals surface area contributed by atoms with E-state index >= 15 is 0 Å². The van der Waals surface area contributed by atoms with E-state index in [2.05, 4.69) is 24.8 Å². The van der Waals surface area contributed by atoms with E-state index in [9.17, 15) is 0 Å². The number of likely N-dealkylation sites (N-methyl/N-ethyl adjacent to an activating group) is 1. The van der Waals surface area contributed by atoms with Crippen LogP contribution in [0.25, 0.3) is 0 Å². The van der Waals surface area contributed by atoms with E-state index in [1.807, 2.05) is 0 Å². The van der Waals surface area contributed by atoms with Gasteiger partial charge in [-0.3, -0.25) is 4.90 Å². The fraction of sp³-hybridized carbons (Fsp3) is 0.875. The minimum absolute atomic E-state index is 0.397. The van der Waals surface area contributed by atoms with Crippen LogP contribution in [-0.4, -0.2) is 30.6 Å². The summed E-state index contributed by atoms with van der Waals surface area (Å²) in [6, 6.07) is 2.53. The van der Waals surface area contributed by atoms with Crippen LogP contribution >= 0.6 is 0 Å². The van der Waals surface area contributed by atoms with Crippen molar-refractivity contribution in [2.24, 2.45) is 5.73 Å². The Morgan fingerprint density at radius 3 is 2.64 bits per heavy atom. The molecule has 0 aliphatic heterocycles. The number of nitrogens with two attached hydrogens (primary N) is 1. The third-order valence-electron chi connectivity index (χ3n) is 1.88. The van der Waals surface area contributed by atoms with Gasteiger partial charge in [0.25, 0.3) is 0 Å². The van der Waals surface area contributed by atoms with Gasteiger partial charge in [0.1, 0.15) is 0 Å². The molecule has 0 aliphatic carbocycles. The highest BCUT2D eigenvalue weighted by molar-refractivity contribution is 4.74.